The highest BCUT2D eigenvalue weighted by atomic mass is 35.5. The summed E-state index contributed by atoms with van der Waals surface area (Å²) < 4.78 is 0. The fraction of sp³-hybridized carbons (Fsp3) is 0.235. The molecule has 1 atom stereocenters. The van der Waals surface area contributed by atoms with Gasteiger partial charge in [0.15, 0.2) is 5.11 Å². The number of thioether (sulfide) groups is 1. The molecule has 2 nitrogen and oxygen atoms in total. The van der Waals surface area contributed by atoms with Gasteiger partial charge in [-0.15, -0.1) is 11.8 Å². The molecule has 0 radical (unpaired) electrons. The van der Waals surface area contributed by atoms with E-state index in [2.05, 4.69) is 17.6 Å². The third-order valence-electron chi connectivity index (χ3n) is 3.04. The van der Waals surface area contributed by atoms with Gasteiger partial charge in [-0.2, -0.15) is 0 Å². The number of thiocarbonyl (C=S) groups is 1. The lowest BCUT2D eigenvalue weighted by Crippen LogP contribution is -2.32. The molecule has 6 heteroatoms. The predicted octanol–water partition coefficient (Wildman–Crippen LogP) is 5.71. The molecule has 0 saturated heterocycles. The van der Waals surface area contributed by atoms with E-state index in [-0.39, 0.29) is 0 Å². The van der Waals surface area contributed by atoms with Gasteiger partial charge in [0.1, 0.15) is 0 Å². The molecule has 0 aromatic heterocycles. The monoisotopic (exact) mass is 384 g/mol. The molecular formula is C17H18Cl2N2S2. The Balaban J connectivity index is 1.70. The Morgan fingerprint density at radius 1 is 1.13 bits per heavy atom. The molecule has 2 N–H and O–H groups in total. The van der Waals surface area contributed by atoms with Gasteiger partial charge in [0.25, 0.3) is 0 Å². The standard InChI is InChI=1S/C17H18Cl2N2S2/c1-12(11-23-16-7-5-13(18)6-8-16)10-20-17(22)21-15-4-2-3-14(19)9-15/h2-9,12H,10-11H2,1H3,(H2,20,21,22). The topological polar surface area (TPSA) is 24.1 Å². The third-order valence-corrected chi connectivity index (χ3v) is 5.12. The van der Waals surface area contributed by atoms with E-state index in [4.69, 9.17) is 35.4 Å². The molecular weight excluding hydrogens is 367 g/mol. The highest BCUT2D eigenvalue weighted by Gasteiger charge is 2.05. The predicted molar refractivity (Wildman–Crippen MR) is 107 cm³/mol. The van der Waals surface area contributed by atoms with Crippen LogP contribution in [0.4, 0.5) is 5.69 Å². The Morgan fingerprint density at radius 2 is 1.87 bits per heavy atom. The zero-order valence-electron chi connectivity index (χ0n) is 12.7. The maximum atomic E-state index is 5.95. The van der Waals surface area contributed by atoms with Crippen LogP contribution in [0.5, 0.6) is 0 Å². The summed E-state index contributed by atoms with van der Waals surface area (Å²) in [7, 11) is 0. The molecule has 2 aromatic carbocycles. The highest BCUT2D eigenvalue weighted by molar-refractivity contribution is 7.99. The minimum atomic E-state index is 0.481. The lowest BCUT2D eigenvalue weighted by molar-refractivity contribution is 0.637. The average Bonchev–Trinajstić information content (AvgIpc) is 2.52. The number of nitrogens with one attached hydrogen (secondary N) is 2. The molecule has 0 amide bonds. The summed E-state index contributed by atoms with van der Waals surface area (Å²) in [6.45, 7) is 3.00. The minimum Gasteiger partial charge on any atom is -0.362 e. The zero-order valence-corrected chi connectivity index (χ0v) is 15.8. The molecule has 0 aliphatic rings. The van der Waals surface area contributed by atoms with Gasteiger partial charge < -0.3 is 10.6 Å². The van der Waals surface area contributed by atoms with Crippen molar-refractivity contribution in [2.45, 2.75) is 11.8 Å². The summed E-state index contributed by atoms with van der Waals surface area (Å²) in [6, 6.07) is 15.4. The van der Waals surface area contributed by atoms with Crippen LogP contribution in [0.15, 0.2) is 53.4 Å². The second-order valence-corrected chi connectivity index (χ2v) is 7.59. The van der Waals surface area contributed by atoms with E-state index >= 15 is 0 Å². The molecule has 0 bridgehead atoms. The molecule has 2 aromatic rings. The highest BCUT2D eigenvalue weighted by Crippen LogP contribution is 2.22. The van der Waals surface area contributed by atoms with Gasteiger partial charge in [0, 0.05) is 32.9 Å². The Labute approximate surface area is 157 Å². The first-order chi connectivity index (χ1) is 11.0. The van der Waals surface area contributed by atoms with Crippen LogP contribution >= 0.6 is 47.2 Å². The second kappa shape index (κ2) is 9.38. The summed E-state index contributed by atoms with van der Waals surface area (Å²) in [6.07, 6.45) is 0. The summed E-state index contributed by atoms with van der Waals surface area (Å²) in [5.41, 5.74) is 0.887. The number of halogens is 2. The Kier molecular flexibility index (Phi) is 7.50. The average molecular weight is 385 g/mol. The first-order valence-corrected chi connectivity index (χ1v) is 9.36. The van der Waals surface area contributed by atoms with Gasteiger partial charge in [-0.05, 0) is 60.6 Å². The van der Waals surface area contributed by atoms with Crippen molar-refractivity contribution in [2.24, 2.45) is 5.92 Å². The fourth-order valence-corrected chi connectivity index (χ4v) is 3.28. The first-order valence-electron chi connectivity index (χ1n) is 7.22. The molecule has 1 unspecified atom stereocenters. The van der Waals surface area contributed by atoms with Crippen LogP contribution in [0.2, 0.25) is 10.0 Å². The number of anilines is 1. The van der Waals surface area contributed by atoms with Gasteiger partial charge >= 0.3 is 0 Å². The summed E-state index contributed by atoms with van der Waals surface area (Å²) >= 11 is 19.0. The van der Waals surface area contributed by atoms with Crippen molar-refractivity contribution in [2.75, 3.05) is 17.6 Å². The second-order valence-electron chi connectivity index (χ2n) is 5.22. The van der Waals surface area contributed by atoms with Gasteiger partial charge in [0.05, 0.1) is 0 Å². The lowest BCUT2D eigenvalue weighted by Gasteiger charge is -2.15. The zero-order chi connectivity index (χ0) is 16.7. The van der Waals surface area contributed by atoms with Gasteiger partial charge in [-0.25, -0.2) is 0 Å². The van der Waals surface area contributed by atoms with Crippen molar-refractivity contribution in [1.29, 1.82) is 0 Å². The number of hydrogen-bond donors (Lipinski definition) is 2. The van der Waals surface area contributed by atoms with E-state index in [0.717, 1.165) is 23.0 Å². The van der Waals surface area contributed by atoms with E-state index in [0.29, 0.717) is 16.1 Å². The molecule has 0 aliphatic carbocycles. The summed E-state index contributed by atoms with van der Waals surface area (Å²) in [4.78, 5) is 1.22. The lowest BCUT2D eigenvalue weighted by atomic mass is 10.2. The molecule has 122 valence electrons. The maximum Gasteiger partial charge on any atom is 0.170 e. The van der Waals surface area contributed by atoms with E-state index in [9.17, 15) is 0 Å². The van der Waals surface area contributed by atoms with E-state index in [1.165, 1.54) is 4.90 Å². The van der Waals surface area contributed by atoms with Crippen LogP contribution in [0.25, 0.3) is 0 Å². The quantitative estimate of drug-likeness (QED) is 0.491. The Morgan fingerprint density at radius 3 is 2.57 bits per heavy atom. The van der Waals surface area contributed by atoms with Crippen molar-refractivity contribution in [3.63, 3.8) is 0 Å². The van der Waals surface area contributed by atoms with Crippen LogP contribution in [-0.4, -0.2) is 17.4 Å². The van der Waals surface area contributed by atoms with Crippen molar-refractivity contribution >= 4 is 58.0 Å². The first kappa shape index (κ1) is 18.4. The van der Waals surface area contributed by atoms with Gasteiger partial charge in [-0.1, -0.05) is 36.2 Å². The van der Waals surface area contributed by atoms with Crippen LogP contribution in [0.3, 0.4) is 0 Å². The van der Waals surface area contributed by atoms with Crippen molar-refractivity contribution in [1.82, 2.24) is 5.32 Å². The van der Waals surface area contributed by atoms with Crippen LogP contribution in [0, 0.1) is 5.92 Å². The Bertz CT molecular complexity index is 647. The van der Waals surface area contributed by atoms with E-state index in [1.807, 2.05) is 60.3 Å². The van der Waals surface area contributed by atoms with Crippen molar-refractivity contribution in [3.8, 4) is 0 Å². The number of benzene rings is 2. The fourth-order valence-electron chi connectivity index (χ4n) is 1.84. The summed E-state index contributed by atoms with van der Waals surface area (Å²) in [5, 5.41) is 8.43. The van der Waals surface area contributed by atoms with Gasteiger partial charge in [-0.3, -0.25) is 0 Å². The van der Waals surface area contributed by atoms with Crippen LogP contribution in [-0.2, 0) is 0 Å². The number of rotatable bonds is 6. The summed E-state index contributed by atoms with van der Waals surface area (Å²) in [5.74, 6) is 1.49. The molecule has 0 heterocycles. The normalized spacial score (nSPS) is 11.8. The minimum absolute atomic E-state index is 0.481. The van der Waals surface area contributed by atoms with Crippen molar-refractivity contribution in [3.05, 3.63) is 58.6 Å². The van der Waals surface area contributed by atoms with E-state index in [1.54, 1.807) is 0 Å². The largest absolute Gasteiger partial charge is 0.362 e. The maximum absolute atomic E-state index is 5.95. The van der Waals surface area contributed by atoms with Crippen molar-refractivity contribution < 1.29 is 0 Å². The molecule has 0 aliphatic heterocycles. The smallest absolute Gasteiger partial charge is 0.170 e. The van der Waals surface area contributed by atoms with E-state index < -0.39 is 0 Å². The number of hydrogen-bond acceptors (Lipinski definition) is 2. The molecule has 0 fully saturated rings. The molecule has 2 rings (SSSR count). The molecule has 0 saturated carbocycles. The van der Waals surface area contributed by atoms with Crippen LogP contribution < -0.4 is 10.6 Å². The molecule has 23 heavy (non-hydrogen) atoms. The Hall–Kier alpha value is -0.940. The van der Waals surface area contributed by atoms with Gasteiger partial charge in [0.2, 0.25) is 0 Å². The molecule has 0 spiro atoms. The SMILES string of the molecule is CC(CNC(=S)Nc1cccc(Cl)c1)CSc1ccc(Cl)cc1. The third kappa shape index (κ3) is 7.00. The van der Waals surface area contributed by atoms with Crippen LogP contribution in [0.1, 0.15) is 6.92 Å².